The molecule has 1 fully saturated rings. The van der Waals surface area contributed by atoms with Crippen molar-refractivity contribution in [2.45, 2.75) is 57.7 Å². The van der Waals surface area contributed by atoms with Gasteiger partial charge in [-0.25, -0.2) is 0 Å². The van der Waals surface area contributed by atoms with Crippen LogP contribution in [0.3, 0.4) is 0 Å². The molecule has 1 aliphatic heterocycles. The van der Waals surface area contributed by atoms with Crippen molar-refractivity contribution in [3.8, 4) is 0 Å². The predicted octanol–water partition coefficient (Wildman–Crippen LogP) is 5.72. The van der Waals surface area contributed by atoms with E-state index in [0.717, 1.165) is 30.5 Å². The molecule has 1 saturated carbocycles. The first-order valence-corrected chi connectivity index (χ1v) is 9.10. The van der Waals surface area contributed by atoms with Gasteiger partial charge in [-0.05, 0) is 48.6 Å². The van der Waals surface area contributed by atoms with Crippen LogP contribution < -0.4 is 0 Å². The molecule has 0 bridgehead atoms. The van der Waals surface area contributed by atoms with Crippen LogP contribution in [-0.2, 0) is 10.9 Å². The minimum absolute atomic E-state index is 0.0598. The van der Waals surface area contributed by atoms with Crippen LogP contribution in [0.5, 0.6) is 0 Å². The second kappa shape index (κ2) is 7.10. The van der Waals surface area contributed by atoms with Crippen LogP contribution in [0.1, 0.15) is 56.6 Å². The topological polar surface area (TPSA) is 29.5 Å². The summed E-state index contributed by atoms with van der Waals surface area (Å²) in [7, 11) is 0. The Bertz CT molecular complexity index is 695. The molecule has 0 aromatic heterocycles. The van der Waals surface area contributed by atoms with Gasteiger partial charge in [0.2, 0.25) is 0 Å². The van der Waals surface area contributed by atoms with Crippen LogP contribution in [-0.4, -0.2) is 17.8 Å². The first kappa shape index (κ1) is 19.0. The van der Waals surface area contributed by atoms with Crippen LogP contribution >= 0.6 is 0 Å². The van der Waals surface area contributed by atoms with E-state index in [-0.39, 0.29) is 11.8 Å². The van der Waals surface area contributed by atoms with E-state index in [0.29, 0.717) is 23.5 Å². The lowest BCUT2D eigenvalue weighted by Gasteiger charge is -2.32. The van der Waals surface area contributed by atoms with Gasteiger partial charge in [-0.2, -0.15) is 13.2 Å². The first-order chi connectivity index (χ1) is 12.2. The number of hydrogen-bond donors (Lipinski definition) is 1. The summed E-state index contributed by atoms with van der Waals surface area (Å²) in [4.78, 5) is 0. The number of aliphatic hydroxyl groups is 1. The highest BCUT2D eigenvalue weighted by atomic mass is 19.4. The van der Waals surface area contributed by atoms with Crippen molar-refractivity contribution < 1.29 is 23.0 Å². The van der Waals surface area contributed by atoms with Crippen molar-refractivity contribution >= 4 is 5.57 Å². The molecular formula is C21H25F3O2. The maximum absolute atomic E-state index is 12.7. The monoisotopic (exact) mass is 366 g/mol. The molecule has 2 aliphatic rings. The molecule has 0 amide bonds. The molecule has 1 spiro atoms. The van der Waals surface area contributed by atoms with Gasteiger partial charge in [-0.1, -0.05) is 38.0 Å². The summed E-state index contributed by atoms with van der Waals surface area (Å²) in [6, 6.07) is 4.88. The molecule has 26 heavy (non-hydrogen) atoms. The van der Waals surface area contributed by atoms with Crippen LogP contribution in [0, 0.1) is 5.41 Å². The van der Waals surface area contributed by atoms with Gasteiger partial charge in [0.05, 0.1) is 12.2 Å². The molecule has 5 heteroatoms. The van der Waals surface area contributed by atoms with E-state index in [2.05, 4.69) is 6.58 Å². The number of ether oxygens (including phenoxy) is 1. The van der Waals surface area contributed by atoms with E-state index in [9.17, 15) is 18.3 Å². The lowest BCUT2D eigenvalue weighted by Crippen LogP contribution is -2.26. The van der Waals surface area contributed by atoms with Crippen LogP contribution in [0.25, 0.3) is 5.57 Å². The molecule has 1 atom stereocenters. The van der Waals surface area contributed by atoms with Crippen molar-refractivity contribution in [3.63, 3.8) is 0 Å². The fourth-order valence-electron chi connectivity index (χ4n) is 4.13. The summed E-state index contributed by atoms with van der Waals surface area (Å²) < 4.78 is 43.9. The lowest BCUT2D eigenvalue weighted by atomic mass is 9.70. The molecule has 1 aromatic carbocycles. The third kappa shape index (κ3) is 3.68. The van der Waals surface area contributed by atoms with Gasteiger partial charge in [0.25, 0.3) is 0 Å². The summed E-state index contributed by atoms with van der Waals surface area (Å²) in [6.45, 7) is 6.60. The molecule has 1 unspecified atom stereocenters. The smallest absolute Gasteiger partial charge is 0.416 e. The summed E-state index contributed by atoms with van der Waals surface area (Å²) in [5.74, 6) is 0.625. The SMILES string of the molecule is C=C(CC(O)C1=C(C)C2(CCCCC2)CO1)c1ccc(C(F)(F)F)cc1. The molecule has 1 aromatic rings. The molecule has 2 nitrogen and oxygen atoms in total. The number of benzene rings is 1. The zero-order chi connectivity index (χ0) is 18.9. The summed E-state index contributed by atoms with van der Waals surface area (Å²) in [6.07, 6.45) is 0.874. The average molecular weight is 366 g/mol. The number of halogens is 3. The quantitative estimate of drug-likeness (QED) is 0.738. The van der Waals surface area contributed by atoms with Gasteiger partial charge in [0.1, 0.15) is 11.9 Å². The van der Waals surface area contributed by atoms with Crippen LogP contribution in [0.2, 0.25) is 0 Å². The molecule has 0 radical (unpaired) electrons. The molecule has 3 rings (SSSR count). The molecular weight excluding hydrogens is 341 g/mol. The van der Waals surface area contributed by atoms with E-state index < -0.39 is 17.8 Å². The third-order valence-corrected chi connectivity index (χ3v) is 5.84. The Balaban J connectivity index is 1.69. The Morgan fingerprint density at radius 2 is 1.81 bits per heavy atom. The highest BCUT2D eigenvalue weighted by Gasteiger charge is 2.42. The Labute approximate surface area is 152 Å². The van der Waals surface area contributed by atoms with Crippen LogP contribution in [0.4, 0.5) is 13.2 Å². The number of hydrogen-bond acceptors (Lipinski definition) is 2. The van der Waals surface area contributed by atoms with Crippen molar-refractivity contribution in [1.82, 2.24) is 0 Å². The minimum atomic E-state index is -4.35. The molecule has 1 heterocycles. The maximum atomic E-state index is 12.7. The van der Waals surface area contributed by atoms with Crippen molar-refractivity contribution in [2.75, 3.05) is 6.61 Å². The van der Waals surface area contributed by atoms with Gasteiger partial charge in [-0.3, -0.25) is 0 Å². The Morgan fingerprint density at radius 1 is 1.19 bits per heavy atom. The zero-order valence-corrected chi connectivity index (χ0v) is 15.0. The lowest BCUT2D eigenvalue weighted by molar-refractivity contribution is -0.137. The Morgan fingerprint density at radius 3 is 2.38 bits per heavy atom. The standard InChI is InChI=1S/C21H25F3O2/c1-14(16-6-8-17(9-7-16)21(22,23)24)12-18(25)19-15(2)20(13-26-19)10-4-3-5-11-20/h6-9,18,25H,1,3-5,10-13H2,2H3. The summed E-state index contributed by atoms with van der Waals surface area (Å²) in [5.41, 5.74) is 1.70. The number of alkyl halides is 3. The van der Waals surface area contributed by atoms with Crippen molar-refractivity contribution in [3.05, 3.63) is 53.3 Å². The molecule has 0 saturated heterocycles. The second-order valence-electron chi connectivity index (χ2n) is 7.52. The van der Waals surface area contributed by atoms with E-state index in [1.54, 1.807) is 0 Å². The third-order valence-electron chi connectivity index (χ3n) is 5.84. The van der Waals surface area contributed by atoms with Gasteiger partial charge in [0, 0.05) is 11.8 Å². The fraction of sp³-hybridized carbons (Fsp3) is 0.524. The first-order valence-electron chi connectivity index (χ1n) is 9.10. The highest BCUT2D eigenvalue weighted by Crippen LogP contribution is 2.49. The van der Waals surface area contributed by atoms with Gasteiger partial charge in [-0.15, -0.1) is 0 Å². The van der Waals surface area contributed by atoms with Gasteiger partial charge >= 0.3 is 6.18 Å². The van der Waals surface area contributed by atoms with Gasteiger partial charge in [0.15, 0.2) is 0 Å². The average Bonchev–Trinajstić information content (AvgIpc) is 2.91. The molecule has 1 aliphatic carbocycles. The zero-order valence-electron chi connectivity index (χ0n) is 15.0. The maximum Gasteiger partial charge on any atom is 0.416 e. The Kier molecular flexibility index (Phi) is 5.20. The predicted molar refractivity (Wildman–Crippen MR) is 95.3 cm³/mol. The van der Waals surface area contributed by atoms with E-state index >= 15 is 0 Å². The largest absolute Gasteiger partial charge is 0.494 e. The second-order valence-corrected chi connectivity index (χ2v) is 7.52. The summed E-state index contributed by atoms with van der Waals surface area (Å²) >= 11 is 0. The molecule has 1 N–H and O–H groups in total. The van der Waals surface area contributed by atoms with Crippen molar-refractivity contribution in [2.24, 2.45) is 5.41 Å². The number of aliphatic hydroxyl groups excluding tert-OH is 1. The fourth-order valence-corrected chi connectivity index (χ4v) is 4.13. The van der Waals surface area contributed by atoms with E-state index in [4.69, 9.17) is 4.74 Å². The summed E-state index contributed by atoms with van der Waals surface area (Å²) in [5, 5.41) is 10.6. The van der Waals surface area contributed by atoms with Crippen molar-refractivity contribution in [1.29, 1.82) is 0 Å². The molecule has 142 valence electrons. The Hall–Kier alpha value is -1.75. The minimum Gasteiger partial charge on any atom is -0.494 e. The van der Waals surface area contributed by atoms with E-state index in [1.807, 2.05) is 6.92 Å². The normalized spacial score (nSPS) is 21.0. The highest BCUT2D eigenvalue weighted by molar-refractivity contribution is 5.64. The van der Waals surface area contributed by atoms with Gasteiger partial charge < -0.3 is 9.84 Å². The van der Waals surface area contributed by atoms with E-state index in [1.165, 1.54) is 31.4 Å². The number of rotatable bonds is 4. The van der Waals surface area contributed by atoms with Crippen LogP contribution in [0.15, 0.2) is 42.2 Å².